The van der Waals surface area contributed by atoms with E-state index in [0.29, 0.717) is 5.88 Å². The number of nitro groups is 1. The lowest BCUT2D eigenvalue weighted by Gasteiger charge is -2.04. The van der Waals surface area contributed by atoms with E-state index in [4.69, 9.17) is 11.6 Å². The highest BCUT2D eigenvalue weighted by atomic mass is 35.5. The van der Waals surface area contributed by atoms with Crippen LogP contribution < -0.4 is 0 Å². The number of non-ortho nitro benzene ring substituents is 1. The number of nitro benzene ring substituents is 1. The van der Waals surface area contributed by atoms with Gasteiger partial charge >= 0.3 is 0 Å². The number of aryl methyl sites for hydroxylation is 1. The van der Waals surface area contributed by atoms with Gasteiger partial charge in [-0.2, -0.15) is 0 Å². The summed E-state index contributed by atoms with van der Waals surface area (Å²) in [5, 5.41) is 10.5. The molecule has 0 N–H and O–H groups in total. The van der Waals surface area contributed by atoms with E-state index < -0.39 is 0 Å². The van der Waals surface area contributed by atoms with Crippen molar-refractivity contribution in [3.05, 3.63) is 39.4 Å². The zero-order chi connectivity index (χ0) is 10.6. The minimum absolute atomic E-state index is 0.141. The predicted octanol–water partition coefficient (Wildman–Crippen LogP) is 3.29. The average molecular weight is 214 g/mol. The highest BCUT2D eigenvalue weighted by molar-refractivity contribution is 6.17. The highest BCUT2D eigenvalue weighted by Gasteiger charge is 2.09. The molecule has 0 bridgehead atoms. The maximum Gasteiger partial charge on any atom is 0.269 e. The molecule has 0 aliphatic rings. The summed E-state index contributed by atoms with van der Waals surface area (Å²) in [6, 6.07) is 4.84. The third-order valence-electron chi connectivity index (χ3n) is 2.06. The van der Waals surface area contributed by atoms with Crippen LogP contribution in [0.3, 0.4) is 0 Å². The van der Waals surface area contributed by atoms with Crippen LogP contribution in [-0.2, 0) is 12.3 Å². The van der Waals surface area contributed by atoms with Crippen molar-refractivity contribution in [2.75, 3.05) is 0 Å². The Hall–Kier alpha value is -1.09. The molecule has 4 heteroatoms. The fourth-order valence-electron chi connectivity index (χ4n) is 1.36. The van der Waals surface area contributed by atoms with E-state index in [1.54, 1.807) is 12.1 Å². The van der Waals surface area contributed by atoms with Crippen molar-refractivity contribution in [2.45, 2.75) is 25.6 Å². The Labute approximate surface area is 87.8 Å². The van der Waals surface area contributed by atoms with Gasteiger partial charge in [0, 0.05) is 18.0 Å². The van der Waals surface area contributed by atoms with Gasteiger partial charge in [0.15, 0.2) is 0 Å². The molecule has 0 spiro atoms. The fraction of sp³-hybridized carbons (Fsp3) is 0.400. The van der Waals surface area contributed by atoms with Gasteiger partial charge in [-0.25, -0.2) is 0 Å². The number of nitrogens with zero attached hydrogens (tertiary/aromatic N) is 1. The first-order chi connectivity index (χ1) is 6.69. The number of benzene rings is 1. The molecule has 1 rings (SSSR count). The lowest BCUT2D eigenvalue weighted by Crippen LogP contribution is -1.95. The van der Waals surface area contributed by atoms with Crippen LogP contribution in [0.5, 0.6) is 0 Å². The Bertz CT molecular complexity index is 339. The van der Waals surface area contributed by atoms with Gasteiger partial charge < -0.3 is 0 Å². The molecule has 1 aromatic carbocycles. The van der Waals surface area contributed by atoms with Gasteiger partial charge in [0.25, 0.3) is 5.69 Å². The van der Waals surface area contributed by atoms with E-state index in [2.05, 4.69) is 0 Å². The van der Waals surface area contributed by atoms with Crippen molar-refractivity contribution in [1.29, 1.82) is 0 Å². The normalized spacial score (nSPS) is 10.1. The molecule has 0 aliphatic heterocycles. The topological polar surface area (TPSA) is 43.1 Å². The summed E-state index contributed by atoms with van der Waals surface area (Å²) in [7, 11) is 0. The SMILES string of the molecule is CCCc1cc([N+](=O)[O-])ccc1CCl. The van der Waals surface area contributed by atoms with E-state index >= 15 is 0 Å². The number of halogens is 1. The minimum Gasteiger partial charge on any atom is -0.258 e. The Morgan fingerprint density at radius 3 is 2.64 bits per heavy atom. The van der Waals surface area contributed by atoms with E-state index in [-0.39, 0.29) is 10.6 Å². The number of hydrogen-bond acceptors (Lipinski definition) is 2. The van der Waals surface area contributed by atoms with E-state index in [1.807, 2.05) is 6.92 Å². The third kappa shape index (κ3) is 2.45. The molecule has 0 saturated heterocycles. The Morgan fingerprint density at radius 2 is 2.14 bits per heavy atom. The quantitative estimate of drug-likeness (QED) is 0.438. The average Bonchev–Trinajstić information content (AvgIpc) is 2.18. The van der Waals surface area contributed by atoms with E-state index in [9.17, 15) is 10.1 Å². The molecular formula is C10H12ClNO2. The molecule has 0 radical (unpaired) electrons. The summed E-state index contributed by atoms with van der Waals surface area (Å²) in [6.45, 7) is 2.04. The molecule has 0 fully saturated rings. The van der Waals surface area contributed by atoms with Gasteiger partial charge in [-0.15, -0.1) is 11.6 Å². The van der Waals surface area contributed by atoms with Crippen molar-refractivity contribution in [3.63, 3.8) is 0 Å². The lowest BCUT2D eigenvalue weighted by atomic mass is 10.0. The largest absolute Gasteiger partial charge is 0.269 e. The molecule has 0 atom stereocenters. The number of hydrogen-bond donors (Lipinski definition) is 0. The number of alkyl halides is 1. The molecule has 76 valence electrons. The summed E-state index contributed by atoms with van der Waals surface area (Å²) >= 11 is 5.73. The Balaban J connectivity index is 3.07. The molecule has 3 nitrogen and oxygen atoms in total. The molecule has 0 saturated carbocycles. The maximum atomic E-state index is 10.5. The summed E-state index contributed by atoms with van der Waals surface area (Å²) in [4.78, 5) is 10.2. The first-order valence-electron chi connectivity index (χ1n) is 4.51. The number of rotatable bonds is 4. The molecule has 14 heavy (non-hydrogen) atoms. The molecule has 0 amide bonds. The molecule has 0 aromatic heterocycles. The van der Waals surface area contributed by atoms with Crippen molar-refractivity contribution in [3.8, 4) is 0 Å². The third-order valence-corrected chi connectivity index (χ3v) is 2.35. The maximum absolute atomic E-state index is 10.5. The minimum atomic E-state index is -0.378. The standard InChI is InChI=1S/C10H12ClNO2/c1-2-3-8-6-10(12(13)14)5-4-9(8)7-11/h4-6H,2-3,7H2,1H3. The zero-order valence-electron chi connectivity index (χ0n) is 8.00. The van der Waals surface area contributed by atoms with Crippen LogP contribution in [0.25, 0.3) is 0 Å². The Kier molecular flexibility index (Phi) is 3.89. The van der Waals surface area contributed by atoms with Crippen LogP contribution >= 0.6 is 11.6 Å². The first-order valence-corrected chi connectivity index (χ1v) is 5.04. The van der Waals surface area contributed by atoms with Gasteiger partial charge in [0.2, 0.25) is 0 Å². The monoisotopic (exact) mass is 213 g/mol. The van der Waals surface area contributed by atoms with Crippen LogP contribution in [0.4, 0.5) is 5.69 Å². The molecule has 0 heterocycles. The molecule has 0 unspecified atom stereocenters. The van der Waals surface area contributed by atoms with E-state index in [1.165, 1.54) is 6.07 Å². The Morgan fingerprint density at radius 1 is 1.43 bits per heavy atom. The smallest absolute Gasteiger partial charge is 0.258 e. The second kappa shape index (κ2) is 4.96. The second-order valence-corrected chi connectivity index (χ2v) is 3.36. The van der Waals surface area contributed by atoms with Crippen molar-refractivity contribution < 1.29 is 4.92 Å². The van der Waals surface area contributed by atoms with Crippen LogP contribution in [-0.4, -0.2) is 4.92 Å². The van der Waals surface area contributed by atoms with Crippen LogP contribution in [0.15, 0.2) is 18.2 Å². The van der Waals surface area contributed by atoms with Crippen molar-refractivity contribution in [2.24, 2.45) is 0 Å². The van der Waals surface area contributed by atoms with Gasteiger partial charge in [-0.05, 0) is 17.5 Å². The molecular weight excluding hydrogens is 202 g/mol. The summed E-state index contributed by atoms with van der Waals surface area (Å²) in [5.74, 6) is 0.410. The fourth-order valence-corrected chi connectivity index (χ4v) is 1.62. The van der Waals surface area contributed by atoms with Gasteiger partial charge in [-0.3, -0.25) is 10.1 Å². The van der Waals surface area contributed by atoms with Gasteiger partial charge in [0.05, 0.1) is 4.92 Å². The van der Waals surface area contributed by atoms with Crippen LogP contribution in [0, 0.1) is 10.1 Å². The van der Waals surface area contributed by atoms with Crippen molar-refractivity contribution >= 4 is 17.3 Å². The first kappa shape index (κ1) is 11.0. The summed E-state index contributed by atoms with van der Waals surface area (Å²) < 4.78 is 0. The summed E-state index contributed by atoms with van der Waals surface area (Å²) in [5.41, 5.74) is 2.11. The van der Waals surface area contributed by atoms with E-state index in [0.717, 1.165) is 24.0 Å². The highest BCUT2D eigenvalue weighted by Crippen LogP contribution is 2.20. The lowest BCUT2D eigenvalue weighted by molar-refractivity contribution is -0.384. The van der Waals surface area contributed by atoms with Crippen LogP contribution in [0.2, 0.25) is 0 Å². The van der Waals surface area contributed by atoms with Crippen LogP contribution in [0.1, 0.15) is 24.5 Å². The summed E-state index contributed by atoms with van der Waals surface area (Å²) in [6.07, 6.45) is 1.80. The molecule has 1 aromatic rings. The van der Waals surface area contributed by atoms with Crippen molar-refractivity contribution in [1.82, 2.24) is 0 Å². The van der Waals surface area contributed by atoms with Gasteiger partial charge in [0.1, 0.15) is 0 Å². The predicted molar refractivity (Wildman–Crippen MR) is 56.6 cm³/mol. The molecule has 0 aliphatic carbocycles. The zero-order valence-corrected chi connectivity index (χ0v) is 8.75. The van der Waals surface area contributed by atoms with Gasteiger partial charge in [-0.1, -0.05) is 19.4 Å². The second-order valence-electron chi connectivity index (χ2n) is 3.09.